The van der Waals surface area contributed by atoms with Gasteiger partial charge >= 0.3 is 5.97 Å². The molecule has 0 saturated carbocycles. The highest BCUT2D eigenvalue weighted by Crippen LogP contribution is 2.29. The number of sulfonamides is 1. The molecule has 3 aromatic rings. The van der Waals surface area contributed by atoms with Crippen LogP contribution in [0.25, 0.3) is 11.5 Å². The smallest absolute Gasteiger partial charge is 0.340 e. The Bertz CT molecular complexity index is 1200. The molecule has 33 heavy (non-hydrogen) atoms. The third kappa shape index (κ3) is 4.94. The van der Waals surface area contributed by atoms with Crippen LogP contribution < -0.4 is 4.90 Å². The van der Waals surface area contributed by atoms with E-state index >= 15 is 0 Å². The molecular weight excluding hydrogens is 464 g/mol. The zero-order valence-electron chi connectivity index (χ0n) is 18.6. The molecule has 4 rings (SSSR count). The van der Waals surface area contributed by atoms with E-state index in [9.17, 15) is 13.2 Å². The lowest BCUT2D eigenvalue weighted by Crippen LogP contribution is -2.31. The molecule has 0 unspecified atom stereocenters. The summed E-state index contributed by atoms with van der Waals surface area (Å²) in [5.74, 6) is -0.0399. The molecule has 1 aliphatic rings. The molecular formula is C22H26N4O5S2. The molecule has 176 valence electrons. The van der Waals surface area contributed by atoms with E-state index in [1.165, 1.54) is 21.7 Å². The fourth-order valence-electron chi connectivity index (χ4n) is 3.81. The molecule has 0 radical (unpaired) electrons. The lowest BCUT2D eigenvalue weighted by atomic mass is 10.1. The predicted molar refractivity (Wildman–Crippen MR) is 125 cm³/mol. The number of esters is 1. The summed E-state index contributed by atoms with van der Waals surface area (Å²) in [5, 5.41) is 7.65. The van der Waals surface area contributed by atoms with Crippen molar-refractivity contribution in [1.29, 1.82) is 0 Å². The van der Waals surface area contributed by atoms with Crippen LogP contribution in [0.5, 0.6) is 0 Å². The van der Waals surface area contributed by atoms with Crippen LogP contribution in [0.15, 0.2) is 44.4 Å². The van der Waals surface area contributed by atoms with Gasteiger partial charge in [0.25, 0.3) is 5.89 Å². The van der Waals surface area contributed by atoms with E-state index in [-0.39, 0.29) is 22.9 Å². The molecule has 0 aliphatic carbocycles. The van der Waals surface area contributed by atoms with Crippen molar-refractivity contribution >= 4 is 33.0 Å². The third-order valence-electron chi connectivity index (χ3n) is 5.55. The van der Waals surface area contributed by atoms with Crippen molar-refractivity contribution in [1.82, 2.24) is 14.4 Å². The Balaban J connectivity index is 1.59. The molecule has 0 bridgehead atoms. The Labute approximate surface area is 197 Å². The van der Waals surface area contributed by atoms with Crippen molar-refractivity contribution in [3.63, 3.8) is 0 Å². The third-order valence-corrected chi connectivity index (χ3v) is 8.28. The first-order valence-electron chi connectivity index (χ1n) is 10.9. The van der Waals surface area contributed by atoms with Gasteiger partial charge in [-0.1, -0.05) is 19.0 Å². The van der Waals surface area contributed by atoms with Gasteiger partial charge in [-0.25, -0.2) is 13.2 Å². The lowest BCUT2D eigenvalue weighted by Gasteiger charge is -2.23. The molecule has 9 nitrogen and oxygen atoms in total. The summed E-state index contributed by atoms with van der Waals surface area (Å²) in [7, 11) is -3.72. The molecule has 1 fully saturated rings. The second kappa shape index (κ2) is 10.0. The number of anilines is 1. The van der Waals surface area contributed by atoms with Gasteiger partial charge in [-0.05, 0) is 42.5 Å². The van der Waals surface area contributed by atoms with Gasteiger partial charge in [0, 0.05) is 31.6 Å². The fraction of sp³-hybridized carbons (Fsp3) is 0.409. The first-order chi connectivity index (χ1) is 15.9. The number of hydrogen-bond donors (Lipinski definition) is 0. The van der Waals surface area contributed by atoms with Crippen molar-refractivity contribution in [2.45, 2.75) is 38.2 Å². The largest absolute Gasteiger partial charge is 0.454 e. The van der Waals surface area contributed by atoms with Crippen LogP contribution in [0.3, 0.4) is 0 Å². The summed E-state index contributed by atoms with van der Waals surface area (Å²) in [6, 6.07) is 6.53. The Hall–Kier alpha value is -2.76. The summed E-state index contributed by atoms with van der Waals surface area (Å²) in [5.41, 5.74) is 1.69. The van der Waals surface area contributed by atoms with Crippen LogP contribution in [-0.2, 0) is 21.4 Å². The van der Waals surface area contributed by atoms with Crippen molar-refractivity contribution in [3.8, 4) is 11.5 Å². The van der Waals surface area contributed by atoms with Crippen LogP contribution in [-0.4, -0.2) is 55.0 Å². The number of thiophene rings is 1. The summed E-state index contributed by atoms with van der Waals surface area (Å²) in [6.45, 7) is 5.68. The predicted octanol–water partition coefficient (Wildman–Crippen LogP) is 3.79. The van der Waals surface area contributed by atoms with Gasteiger partial charge in [0.05, 0.1) is 21.7 Å². The van der Waals surface area contributed by atoms with Crippen molar-refractivity contribution in [2.24, 2.45) is 0 Å². The summed E-state index contributed by atoms with van der Waals surface area (Å²) in [6.07, 6.45) is 2.03. The minimum absolute atomic E-state index is 0.0698. The van der Waals surface area contributed by atoms with E-state index in [2.05, 4.69) is 15.0 Å². The van der Waals surface area contributed by atoms with Crippen LogP contribution in [0.1, 0.15) is 42.9 Å². The Morgan fingerprint density at radius 3 is 2.64 bits per heavy atom. The molecule has 3 heterocycles. The summed E-state index contributed by atoms with van der Waals surface area (Å²) in [4.78, 5) is 19.5. The van der Waals surface area contributed by atoms with E-state index in [1.54, 1.807) is 26.0 Å². The topological polar surface area (TPSA) is 106 Å². The number of nitrogens with zero attached hydrogens (tertiary/aromatic N) is 4. The zero-order valence-corrected chi connectivity index (χ0v) is 20.2. The molecule has 0 N–H and O–H groups in total. The van der Waals surface area contributed by atoms with E-state index in [4.69, 9.17) is 9.26 Å². The summed E-state index contributed by atoms with van der Waals surface area (Å²) >= 11 is 1.51. The van der Waals surface area contributed by atoms with Crippen LogP contribution in [0.4, 0.5) is 5.69 Å². The molecule has 1 saturated heterocycles. The van der Waals surface area contributed by atoms with Crippen LogP contribution in [0, 0.1) is 0 Å². The van der Waals surface area contributed by atoms with Gasteiger partial charge in [-0.15, -0.1) is 0 Å². The number of ether oxygens (including phenoxy) is 1. The van der Waals surface area contributed by atoms with Crippen molar-refractivity contribution in [2.75, 3.05) is 31.1 Å². The second-order valence-corrected chi connectivity index (χ2v) is 10.3. The molecule has 11 heteroatoms. The maximum absolute atomic E-state index is 13.1. The molecule has 0 atom stereocenters. The average molecular weight is 491 g/mol. The zero-order chi connectivity index (χ0) is 23.4. The number of carbonyl (C=O) groups is 1. The first-order valence-corrected chi connectivity index (χ1v) is 13.2. The highest BCUT2D eigenvalue weighted by molar-refractivity contribution is 7.89. The van der Waals surface area contributed by atoms with Gasteiger partial charge in [0.15, 0.2) is 6.61 Å². The first kappa shape index (κ1) is 23.4. The maximum Gasteiger partial charge on any atom is 0.340 e. The minimum Gasteiger partial charge on any atom is -0.454 e. The van der Waals surface area contributed by atoms with Gasteiger partial charge in [-0.2, -0.15) is 20.6 Å². The number of rotatable bonds is 9. The standard InChI is InChI=1S/C22H26N4O5S2/c1-3-26(4-2)33(28,29)17-7-8-19(25-10-5-6-11-25)18(13-17)22(27)30-14-20-23-21(31-24-20)16-9-12-32-15-16/h7-9,12-13,15H,3-6,10-11,14H2,1-2H3. The maximum atomic E-state index is 13.1. The Morgan fingerprint density at radius 2 is 1.97 bits per heavy atom. The molecule has 1 aliphatic heterocycles. The summed E-state index contributed by atoms with van der Waals surface area (Å²) < 4.78 is 38.1. The monoisotopic (exact) mass is 490 g/mol. The quantitative estimate of drug-likeness (QED) is 0.417. The number of benzene rings is 1. The molecule has 0 spiro atoms. The van der Waals surface area contributed by atoms with Gasteiger partial charge in [-0.3, -0.25) is 0 Å². The number of aromatic nitrogens is 2. The lowest BCUT2D eigenvalue weighted by molar-refractivity contribution is 0.0460. The van der Waals surface area contributed by atoms with Gasteiger partial charge in [0.1, 0.15) is 0 Å². The van der Waals surface area contributed by atoms with Gasteiger partial charge in [0.2, 0.25) is 15.8 Å². The van der Waals surface area contributed by atoms with E-state index < -0.39 is 16.0 Å². The highest BCUT2D eigenvalue weighted by atomic mass is 32.2. The normalized spacial score (nSPS) is 14.2. The Morgan fingerprint density at radius 1 is 1.21 bits per heavy atom. The molecule has 0 amide bonds. The second-order valence-electron chi connectivity index (χ2n) is 7.57. The van der Waals surface area contributed by atoms with Crippen molar-refractivity contribution < 1.29 is 22.5 Å². The number of carbonyl (C=O) groups excluding carboxylic acids is 1. The van der Waals surface area contributed by atoms with Crippen LogP contribution >= 0.6 is 11.3 Å². The fourth-order valence-corrected chi connectivity index (χ4v) is 5.92. The Kier molecular flexibility index (Phi) is 7.11. The van der Waals surface area contributed by atoms with Crippen molar-refractivity contribution in [3.05, 3.63) is 46.4 Å². The molecule has 1 aromatic carbocycles. The van der Waals surface area contributed by atoms with Crippen LogP contribution in [0.2, 0.25) is 0 Å². The highest BCUT2D eigenvalue weighted by Gasteiger charge is 2.27. The van der Waals surface area contributed by atoms with E-state index in [1.807, 2.05) is 16.8 Å². The SMILES string of the molecule is CCN(CC)S(=O)(=O)c1ccc(N2CCCC2)c(C(=O)OCc2noc(-c3ccsc3)n2)c1. The number of hydrogen-bond acceptors (Lipinski definition) is 9. The average Bonchev–Trinajstić information content (AvgIpc) is 3.60. The van der Waals surface area contributed by atoms with E-state index in [0.29, 0.717) is 24.7 Å². The molecule has 2 aromatic heterocycles. The van der Waals surface area contributed by atoms with E-state index in [0.717, 1.165) is 31.5 Å². The minimum atomic E-state index is -3.72. The van der Waals surface area contributed by atoms with Gasteiger partial charge < -0.3 is 14.2 Å².